The Hall–Kier alpha value is -3.49. The minimum Gasteiger partial charge on any atom is -0.352 e. The molecule has 2 aromatic carbocycles. The molecule has 1 amide bonds. The van der Waals surface area contributed by atoms with E-state index >= 15 is 0 Å². The molecule has 4 aromatic rings. The number of aryl methyl sites for hydroxylation is 2. The Morgan fingerprint density at radius 2 is 1.84 bits per heavy atom. The van der Waals surface area contributed by atoms with Crippen LogP contribution in [0.1, 0.15) is 46.7 Å². The number of anilines is 1. The molecule has 0 aliphatic carbocycles. The maximum absolute atomic E-state index is 12.9. The third kappa shape index (κ3) is 5.37. The zero-order chi connectivity index (χ0) is 26.8. The molecule has 0 unspecified atom stereocenters. The number of thiocarbonyl (C=S) groups is 1. The number of carbonyl (C=O) groups is 1. The van der Waals surface area contributed by atoms with Gasteiger partial charge in [-0.05, 0) is 98.7 Å². The van der Waals surface area contributed by atoms with Crippen LogP contribution in [0.15, 0.2) is 83.5 Å². The van der Waals surface area contributed by atoms with E-state index in [0.717, 1.165) is 44.1 Å². The zero-order valence-corrected chi connectivity index (χ0v) is 24.0. The van der Waals surface area contributed by atoms with Crippen LogP contribution in [0.25, 0.3) is 5.69 Å². The summed E-state index contributed by atoms with van der Waals surface area (Å²) in [5, 5.41) is 7.15. The molecule has 1 saturated heterocycles. The molecule has 0 radical (unpaired) electrons. The topological polar surface area (TPSA) is 62.2 Å². The second kappa shape index (κ2) is 11.1. The molecule has 0 bridgehead atoms. The highest BCUT2D eigenvalue weighted by Crippen LogP contribution is 2.41. The molecule has 0 saturated carbocycles. The quantitative estimate of drug-likeness (QED) is 0.240. The monoisotopic (exact) mass is 587 g/mol. The van der Waals surface area contributed by atoms with E-state index < -0.39 is 0 Å². The fraction of sp³-hybridized carbons (Fsp3) is 0.233. The van der Waals surface area contributed by atoms with E-state index in [1.54, 1.807) is 6.20 Å². The first kappa shape index (κ1) is 26.1. The van der Waals surface area contributed by atoms with Crippen LogP contribution in [-0.4, -0.2) is 32.0 Å². The van der Waals surface area contributed by atoms with Crippen LogP contribution in [0.3, 0.4) is 0 Å². The van der Waals surface area contributed by atoms with Crippen molar-refractivity contribution in [3.63, 3.8) is 0 Å². The summed E-state index contributed by atoms with van der Waals surface area (Å²) in [5.41, 5.74) is 7.35. The van der Waals surface area contributed by atoms with Gasteiger partial charge >= 0.3 is 0 Å². The Balaban J connectivity index is 1.46. The Morgan fingerprint density at radius 3 is 2.55 bits per heavy atom. The Labute approximate surface area is 237 Å². The van der Waals surface area contributed by atoms with Crippen molar-refractivity contribution in [3.8, 4) is 5.69 Å². The minimum atomic E-state index is -0.137. The number of benzene rings is 2. The SMILES string of the molecule is Cc1cccc(NC(=O)CCN2C(=S)N[C@H](c3ccccn3)[C@@H]2c2cc(C)n(-c3ccc(Br)cc3)c2C)c1. The molecule has 5 rings (SSSR count). The Morgan fingerprint density at radius 1 is 1.05 bits per heavy atom. The first-order valence-electron chi connectivity index (χ1n) is 12.6. The summed E-state index contributed by atoms with van der Waals surface area (Å²) in [6, 6.07) is 24.1. The van der Waals surface area contributed by atoms with Gasteiger partial charge in [-0.1, -0.05) is 34.1 Å². The van der Waals surface area contributed by atoms with Crippen LogP contribution in [0.5, 0.6) is 0 Å². The smallest absolute Gasteiger partial charge is 0.226 e. The average molecular weight is 589 g/mol. The molecule has 1 aliphatic rings. The molecule has 6 nitrogen and oxygen atoms in total. The number of amides is 1. The van der Waals surface area contributed by atoms with E-state index in [-0.39, 0.29) is 18.0 Å². The third-order valence-electron chi connectivity index (χ3n) is 6.95. The first-order valence-corrected chi connectivity index (χ1v) is 13.8. The molecular weight excluding hydrogens is 558 g/mol. The molecular formula is C30H30BrN5OS. The van der Waals surface area contributed by atoms with Crippen LogP contribution in [0, 0.1) is 20.8 Å². The number of carbonyl (C=O) groups excluding carboxylic acids is 1. The van der Waals surface area contributed by atoms with Gasteiger partial charge in [0, 0.05) is 46.4 Å². The zero-order valence-electron chi connectivity index (χ0n) is 21.6. The van der Waals surface area contributed by atoms with Crippen molar-refractivity contribution < 1.29 is 4.79 Å². The van der Waals surface area contributed by atoms with Crippen LogP contribution in [0.2, 0.25) is 0 Å². The molecule has 2 aromatic heterocycles. The molecule has 8 heteroatoms. The summed E-state index contributed by atoms with van der Waals surface area (Å²) in [5.74, 6) is -0.0428. The highest BCUT2D eigenvalue weighted by atomic mass is 79.9. The lowest BCUT2D eigenvalue weighted by molar-refractivity contribution is -0.116. The highest BCUT2D eigenvalue weighted by Gasteiger charge is 2.41. The second-order valence-electron chi connectivity index (χ2n) is 9.63. The molecule has 38 heavy (non-hydrogen) atoms. The Kier molecular flexibility index (Phi) is 7.63. The van der Waals surface area contributed by atoms with Gasteiger partial charge in [-0.2, -0.15) is 0 Å². The fourth-order valence-electron chi connectivity index (χ4n) is 5.23. The van der Waals surface area contributed by atoms with Gasteiger partial charge in [-0.3, -0.25) is 9.78 Å². The fourth-order valence-corrected chi connectivity index (χ4v) is 5.82. The molecule has 1 aliphatic heterocycles. The van der Waals surface area contributed by atoms with Crippen molar-refractivity contribution >= 4 is 44.9 Å². The lowest BCUT2D eigenvalue weighted by Gasteiger charge is -2.28. The maximum atomic E-state index is 12.9. The van der Waals surface area contributed by atoms with Crippen molar-refractivity contribution in [1.82, 2.24) is 19.8 Å². The number of hydrogen-bond acceptors (Lipinski definition) is 3. The summed E-state index contributed by atoms with van der Waals surface area (Å²) in [7, 11) is 0. The van der Waals surface area contributed by atoms with E-state index in [4.69, 9.17) is 12.2 Å². The molecule has 2 N–H and O–H groups in total. The lowest BCUT2D eigenvalue weighted by Crippen LogP contribution is -2.32. The van der Waals surface area contributed by atoms with Crippen molar-refractivity contribution in [2.45, 2.75) is 39.3 Å². The van der Waals surface area contributed by atoms with Crippen molar-refractivity contribution in [2.24, 2.45) is 0 Å². The second-order valence-corrected chi connectivity index (χ2v) is 10.9. The first-order chi connectivity index (χ1) is 18.3. The number of nitrogens with one attached hydrogen (secondary N) is 2. The number of aromatic nitrogens is 2. The van der Waals surface area contributed by atoms with Crippen molar-refractivity contribution in [1.29, 1.82) is 0 Å². The average Bonchev–Trinajstić information content (AvgIpc) is 3.38. The largest absolute Gasteiger partial charge is 0.352 e. The van der Waals surface area contributed by atoms with Gasteiger partial charge in [0.25, 0.3) is 0 Å². The minimum absolute atomic E-state index is 0.0428. The molecule has 1 fully saturated rings. The molecule has 194 valence electrons. The van der Waals surface area contributed by atoms with Crippen molar-refractivity contribution in [2.75, 3.05) is 11.9 Å². The molecule has 2 atom stereocenters. The highest BCUT2D eigenvalue weighted by molar-refractivity contribution is 9.10. The van der Waals surface area contributed by atoms with Gasteiger partial charge in [0.15, 0.2) is 5.11 Å². The number of rotatable bonds is 7. The maximum Gasteiger partial charge on any atom is 0.226 e. The normalized spacial score (nSPS) is 16.9. The third-order valence-corrected chi connectivity index (χ3v) is 7.83. The van der Waals surface area contributed by atoms with Gasteiger partial charge in [-0.25, -0.2) is 0 Å². The van der Waals surface area contributed by atoms with Crippen LogP contribution >= 0.6 is 28.1 Å². The van der Waals surface area contributed by atoms with E-state index in [1.807, 2.05) is 49.4 Å². The van der Waals surface area contributed by atoms with Crippen molar-refractivity contribution in [3.05, 3.63) is 112 Å². The van der Waals surface area contributed by atoms with E-state index in [1.165, 1.54) is 0 Å². The number of pyridine rings is 1. The van der Waals surface area contributed by atoms with Crippen LogP contribution in [0.4, 0.5) is 5.69 Å². The number of hydrogen-bond donors (Lipinski definition) is 2. The van der Waals surface area contributed by atoms with E-state index in [0.29, 0.717) is 18.1 Å². The molecule has 0 spiro atoms. The predicted octanol–water partition coefficient (Wildman–Crippen LogP) is 6.56. The summed E-state index contributed by atoms with van der Waals surface area (Å²) in [6.45, 7) is 6.76. The van der Waals surface area contributed by atoms with E-state index in [2.05, 4.69) is 85.2 Å². The van der Waals surface area contributed by atoms with Gasteiger partial charge < -0.3 is 20.1 Å². The van der Waals surface area contributed by atoms with E-state index in [9.17, 15) is 4.79 Å². The summed E-state index contributed by atoms with van der Waals surface area (Å²) < 4.78 is 3.31. The van der Waals surface area contributed by atoms with Gasteiger partial charge in [0.1, 0.15) is 0 Å². The Bertz CT molecular complexity index is 1470. The number of nitrogens with zero attached hydrogens (tertiary/aromatic N) is 3. The summed E-state index contributed by atoms with van der Waals surface area (Å²) in [4.78, 5) is 19.7. The van der Waals surface area contributed by atoms with Gasteiger partial charge in [-0.15, -0.1) is 0 Å². The molecule has 3 heterocycles. The lowest BCUT2D eigenvalue weighted by atomic mass is 9.96. The van der Waals surface area contributed by atoms with Crippen LogP contribution < -0.4 is 10.6 Å². The van der Waals surface area contributed by atoms with Crippen LogP contribution in [-0.2, 0) is 4.79 Å². The predicted molar refractivity (Wildman–Crippen MR) is 160 cm³/mol. The van der Waals surface area contributed by atoms with Gasteiger partial charge in [0.2, 0.25) is 5.91 Å². The summed E-state index contributed by atoms with van der Waals surface area (Å²) in [6.07, 6.45) is 2.12. The number of halogens is 1. The standard InChI is InChI=1S/C30H30BrN5OS/c1-19-7-6-8-23(17-19)33-27(37)14-16-35-29(28(34-30(35)38)26-9-4-5-15-32-26)25-18-20(2)36(21(25)3)24-12-10-22(31)11-13-24/h4-13,15,17-18,28-29H,14,16H2,1-3H3,(H,33,37)(H,34,38)/t28-,29+/m1/s1. The summed E-state index contributed by atoms with van der Waals surface area (Å²) >= 11 is 9.36. The van der Waals surface area contributed by atoms with Gasteiger partial charge in [0.05, 0.1) is 17.8 Å².